The molecule has 0 amide bonds. The number of aliphatic carboxylic acids is 2. The van der Waals surface area contributed by atoms with Crippen LogP contribution < -0.4 is 5.90 Å². The Balaban J connectivity index is 4.38. The molecule has 110 valence electrons. The average Bonchev–Trinajstić information content (AvgIpc) is 2.26. The van der Waals surface area contributed by atoms with Gasteiger partial charge in [0.05, 0.1) is 12.3 Å². The predicted molar refractivity (Wildman–Crippen MR) is 62.5 cm³/mol. The summed E-state index contributed by atoms with van der Waals surface area (Å²) in [4.78, 5) is 45.3. The third kappa shape index (κ3) is 8.30. The summed E-state index contributed by atoms with van der Waals surface area (Å²) in [6.45, 7) is 0. The van der Waals surface area contributed by atoms with Gasteiger partial charge in [0.25, 0.3) is 0 Å². The second-order valence-corrected chi connectivity index (χ2v) is 6.48. The largest absolute Gasteiger partial charge is 0.481 e. The summed E-state index contributed by atoms with van der Waals surface area (Å²) < 4.78 is 11.7. The third-order valence-electron chi connectivity index (χ3n) is 2.30. The van der Waals surface area contributed by atoms with Crippen LogP contribution in [-0.4, -0.2) is 45.3 Å². The molecule has 0 aromatic rings. The SMILES string of the molecule is NOC(=O)CCCP(=O)(O)C[C@@H](CC(=O)O)C(=O)O. The standard InChI is InChI=1S/C9H16NO8P/c10-18-8(13)2-1-3-19(16,17)5-6(9(14)15)4-7(11)12/h6H,1-5,10H2,(H,11,12)(H,14,15)(H,16,17)/t6-/m1/s1. The molecule has 0 aliphatic rings. The highest BCUT2D eigenvalue weighted by atomic mass is 31.2. The quantitative estimate of drug-likeness (QED) is 0.328. The van der Waals surface area contributed by atoms with Crippen molar-refractivity contribution in [1.29, 1.82) is 0 Å². The van der Waals surface area contributed by atoms with Gasteiger partial charge in [-0.05, 0) is 6.42 Å². The van der Waals surface area contributed by atoms with E-state index in [4.69, 9.17) is 10.2 Å². The van der Waals surface area contributed by atoms with Gasteiger partial charge in [0.1, 0.15) is 0 Å². The number of nitrogens with two attached hydrogens (primary N) is 1. The minimum atomic E-state index is -3.82. The van der Waals surface area contributed by atoms with E-state index < -0.39 is 43.8 Å². The molecule has 0 rings (SSSR count). The van der Waals surface area contributed by atoms with Crippen molar-refractivity contribution in [2.24, 2.45) is 11.8 Å². The van der Waals surface area contributed by atoms with Gasteiger partial charge in [-0.3, -0.25) is 18.9 Å². The van der Waals surface area contributed by atoms with Crippen LogP contribution in [0.25, 0.3) is 0 Å². The Morgan fingerprint density at radius 1 is 1.26 bits per heavy atom. The number of hydrogen-bond donors (Lipinski definition) is 4. The molecule has 0 radical (unpaired) electrons. The second-order valence-electron chi connectivity index (χ2n) is 3.98. The molecule has 0 saturated carbocycles. The molecule has 1 unspecified atom stereocenters. The van der Waals surface area contributed by atoms with Crippen LogP contribution in [-0.2, 0) is 23.8 Å². The molecule has 0 saturated heterocycles. The van der Waals surface area contributed by atoms with Gasteiger partial charge < -0.3 is 19.9 Å². The van der Waals surface area contributed by atoms with Crippen molar-refractivity contribution in [2.45, 2.75) is 19.3 Å². The Bertz CT molecular complexity index is 396. The average molecular weight is 297 g/mol. The van der Waals surface area contributed by atoms with E-state index in [1.807, 2.05) is 0 Å². The summed E-state index contributed by atoms with van der Waals surface area (Å²) in [5.41, 5.74) is 0. The first-order chi connectivity index (χ1) is 8.68. The molecule has 9 nitrogen and oxygen atoms in total. The van der Waals surface area contributed by atoms with Gasteiger partial charge in [-0.15, -0.1) is 0 Å². The van der Waals surface area contributed by atoms with Crippen molar-refractivity contribution in [3.05, 3.63) is 0 Å². The Labute approximate surface area is 108 Å². The first-order valence-electron chi connectivity index (χ1n) is 5.33. The molecule has 2 atom stereocenters. The van der Waals surface area contributed by atoms with E-state index in [1.54, 1.807) is 0 Å². The summed E-state index contributed by atoms with van der Waals surface area (Å²) >= 11 is 0. The zero-order valence-electron chi connectivity index (χ0n) is 10.0. The Morgan fingerprint density at radius 3 is 2.26 bits per heavy atom. The smallest absolute Gasteiger partial charge is 0.324 e. The van der Waals surface area contributed by atoms with E-state index in [0.717, 1.165) is 0 Å². The van der Waals surface area contributed by atoms with Gasteiger partial charge in [0, 0.05) is 18.7 Å². The van der Waals surface area contributed by atoms with Gasteiger partial charge >= 0.3 is 17.9 Å². The molecule has 0 aromatic heterocycles. The maximum Gasteiger partial charge on any atom is 0.324 e. The van der Waals surface area contributed by atoms with Crippen LogP contribution in [0.1, 0.15) is 19.3 Å². The van der Waals surface area contributed by atoms with Gasteiger partial charge in [-0.2, -0.15) is 5.90 Å². The van der Waals surface area contributed by atoms with Crippen molar-refractivity contribution >= 4 is 25.3 Å². The molecule has 0 aliphatic heterocycles. The number of rotatable bonds is 9. The molecular formula is C9H16NO8P. The fraction of sp³-hybridized carbons (Fsp3) is 0.667. The molecule has 0 heterocycles. The van der Waals surface area contributed by atoms with Crippen LogP contribution in [0.2, 0.25) is 0 Å². The number of hydrogen-bond acceptors (Lipinski definition) is 6. The third-order valence-corrected chi connectivity index (χ3v) is 4.32. The molecule has 0 bridgehead atoms. The van der Waals surface area contributed by atoms with Gasteiger partial charge in [0.2, 0.25) is 7.37 Å². The summed E-state index contributed by atoms with van der Waals surface area (Å²) in [6.07, 6.45) is -1.84. The normalized spacial score (nSPS) is 15.3. The monoisotopic (exact) mass is 297 g/mol. The van der Waals surface area contributed by atoms with E-state index in [9.17, 15) is 23.8 Å². The Hall–Kier alpha value is -1.44. The van der Waals surface area contributed by atoms with E-state index in [0.29, 0.717) is 0 Å². The highest BCUT2D eigenvalue weighted by molar-refractivity contribution is 7.58. The zero-order valence-corrected chi connectivity index (χ0v) is 10.9. The zero-order chi connectivity index (χ0) is 15.1. The van der Waals surface area contributed by atoms with Gasteiger partial charge in [-0.1, -0.05) is 0 Å². The summed E-state index contributed by atoms with van der Waals surface area (Å²) in [7, 11) is -3.82. The summed E-state index contributed by atoms with van der Waals surface area (Å²) in [5.74, 6) is -0.420. The Morgan fingerprint density at radius 2 is 1.84 bits per heavy atom. The molecular weight excluding hydrogens is 281 g/mol. The maximum absolute atomic E-state index is 11.7. The molecule has 0 aromatic carbocycles. The lowest BCUT2D eigenvalue weighted by Crippen LogP contribution is -2.22. The van der Waals surface area contributed by atoms with Crippen LogP contribution in [0.3, 0.4) is 0 Å². The van der Waals surface area contributed by atoms with Crippen LogP contribution in [0.5, 0.6) is 0 Å². The predicted octanol–water partition coefficient (Wildman–Crippen LogP) is -0.371. The van der Waals surface area contributed by atoms with Crippen LogP contribution in [0.4, 0.5) is 0 Å². The highest BCUT2D eigenvalue weighted by Crippen LogP contribution is 2.44. The van der Waals surface area contributed by atoms with Crippen molar-refractivity contribution in [2.75, 3.05) is 12.3 Å². The minimum Gasteiger partial charge on any atom is -0.481 e. The lowest BCUT2D eigenvalue weighted by Gasteiger charge is -2.15. The van der Waals surface area contributed by atoms with Crippen molar-refractivity contribution < 1.29 is 38.9 Å². The molecule has 0 aliphatic carbocycles. The van der Waals surface area contributed by atoms with E-state index in [2.05, 4.69) is 10.7 Å². The first-order valence-corrected chi connectivity index (χ1v) is 7.36. The van der Waals surface area contributed by atoms with Crippen LogP contribution >= 0.6 is 7.37 Å². The number of carbonyl (C=O) groups excluding carboxylic acids is 1. The van der Waals surface area contributed by atoms with E-state index in [-0.39, 0.29) is 19.0 Å². The van der Waals surface area contributed by atoms with Crippen molar-refractivity contribution in [3.63, 3.8) is 0 Å². The molecule has 10 heteroatoms. The molecule has 5 N–H and O–H groups in total. The Kier molecular flexibility index (Phi) is 7.28. The van der Waals surface area contributed by atoms with E-state index >= 15 is 0 Å². The van der Waals surface area contributed by atoms with Crippen molar-refractivity contribution in [1.82, 2.24) is 0 Å². The minimum absolute atomic E-state index is 0.00320. The van der Waals surface area contributed by atoms with Crippen LogP contribution in [0, 0.1) is 5.92 Å². The van der Waals surface area contributed by atoms with Crippen LogP contribution in [0.15, 0.2) is 0 Å². The molecule has 0 spiro atoms. The van der Waals surface area contributed by atoms with E-state index in [1.165, 1.54) is 0 Å². The lowest BCUT2D eigenvalue weighted by atomic mass is 10.1. The lowest BCUT2D eigenvalue weighted by molar-refractivity contribution is -0.147. The van der Waals surface area contributed by atoms with Gasteiger partial charge in [-0.25, -0.2) is 0 Å². The summed E-state index contributed by atoms with van der Waals surface area (Å²) in [6, 6.07) is 0. The molecule has 0 fully saturated rings. The topological polar surface area (TPSA) is 164 Å². The highest BCUT2D eigenvalue weighted by Gasteiger charge is 2.30. The molecule has 19 heavy (non-hydrogen) atoms. The van der Waals surface area contributed by atoms with Gasteiger partial charge in [0.15, 0.2) is 0 Å². The maximum atomic E-state index is 11.7. The van der Waals surface area contributed by atoms with Crippen molar-refractivity contribution in [3.8, 4) is 0 Å². The fourth-order valence-electron chi connectivity index (χ4n) is 1.41. The number of carboxylic acids is 2. The first kappa shape index (κ1) is 17.6. The fourth-order valence-corrected chi connectivity index (χ4v) is 3.21. The number of carboxylic acid groups (broad SMARTS) is 2. The number of carbonyl (C=O) groups is 3. The summed E-state index contributed by atoms with van der Waals surface area (Å²) in [5, 5.41) is 17.3. The second kappa shape index (κ2) is 7.88.